The van der Waals surface area contributed by atoms with Crippen LogP contribution >= 0.6 is 0 Å². The van der Waals surface area contributed by atoms with Crippen molar-refractivity contribution in [3.8, 4) is 5.75 Å². The highest BCUT2D eigenvalue weighted by Gasteiger charge is 2.22. The van der Waals surface area contributed by atoms with Gasteiger partial charge in [-0.2, -0.15) is 0 Å². The molecule has 1 saturated heterocycles. The van der Waals surface area contributed by atoms with Gasteiger partial charge in [0.1, 0.15) is 5.75 Å². The fourth-order valence-electron chi connectivity index (χ4n) is 4.74. The number of ketones is 1. The molecule has 6 nitrogen and oxygen atoms in total. The standard InChI is InChI=1S/C15H21NO2.C10H12N2O.C8H18/c1-11-7-8-16(10-11)15(18)6-4-13-3-5-14(17)9-12(13)2;1-7(13)8-4-5-9(11-2)10(6-8)12-3;1-4-6-8(3)7-5-2/h3,5,9,11,17H,4,6-8,10H2,1-2H3;4-6,11H,3H2,1-2H3;8H,4-7H2,1-3H3. The number of aliphatic imine (C=N–C) groups is 1. The van der Waals surface area contributed by atoms with Gasteiger partial charge in [-0.1, -0.05) is 59.4 Å². The Hall–Kier alpha value is -3.15. The van der Waals surface area contributed by atoms with Crippen molar-refractivity contribution in [2.75, 3.05) is 25.5 Å². The zero-order valence-electron chi connectivity index (χ0n) is 25.3. The van der Waals surface area contributed by atoms with Gasteiger partial charge in [-0.25, -0.2) is 0 Å². The minimum atomic E-state index is 0.0348. The minimum absolute atomic E-state index is 0.0348. The topological polar surface area (TPSA) is 82.0 Å². The lowest BCUT2D eigenvalue weighted by molar-refractivity contribution is -0.130. The molecule has 0 aliphatic carbocycles. The number of hydrogen-bond acceptors (Lipinski definition) is 5. The van der Waals surface area contributed by atoms with Crippen molar-refractivity contribution < 1.29 is 14.7 Å². The van der Waals surface area contributed by atoms with Gasteiger partial charge in [0, 0.05) is 32.1 Å². The minimum Gasteiger partial charge on any atom is -0.508 e. The average molecular weight is 538 g/mol. The molecule has 1 amide bonds. The first kappa shape index (κ1) is 33.9. The van der Waals surface area contributed by atoms with Crippen molar-refractivity contribution in [2.24, 2.45) is 16.8 Å². The smallest absolute Gasteiger partial charge is 0.222 e. The average Bonchev–Trinajstić information content (AvgIpc) is 3.35. The number of carbonyl (C=O) groups excluding carboxylic acids is 2. The molecule has 0 saturated carbocycles. The molecule has 0 aromatic heterocycles. The molecule has 39 heavy (non-hydrogen) atoms. The molecule has 2 aromatic carbocycles. The normalized spacial score (nSPS) is 14.2. The first-order valence-corrected chi connectivity index (χ1v) is 14.4. The number of phenols is 1. The van der Waals surface area contributed by atoms with E-state index < -0.39 is 0 Å². The Kier molecular flexibility index (Phi) is 15.8. The second-order valence-corrected chi connectivity index (χ2v) is 10.7. The number of aromatic hydroxyl groups is 1. The van der Waals surface area contributed by atoms with Gasteiger partial charge in [-0.05, 0) is 86.7 Å². The number of likely N-dealkylation sites (tertiary alicyclic amines) is 1. The van der Waals surface area contributed by atoms with Gasteiger partial charge in [-0.15, -0.1) is 0 Å². The molecular weight excluding hydrogens is 486 g/mol. The largest absolute Gasteiger partial charge is 0.508 e. The van der Waals surface area contributed by atoms with Crippen LogP contribution < -0.4 is 5.32 Å². The Morgan fingerprint density at radius 3 is 2.31 bits per heavy atom. The van der Waals surface area contributed by atoms with E-state index in [1.165, 1.54) is 32.6 Å². The number of Topliss-reactive ketones (excluding diaryl/α,β-unsaturated/α-hetero) is 1. The Balaban J connectivity index is 0.000000318. The molecular formula is C33H51N3O3. The van der Waals surface area contributed by atoms with Crippen LogP contribution in [0.25, 0.3) is 0 Å². The molecule has 1 unspecified atom stereocenters. The number of aryl methyl sites for hydroxylation is 2. The van der Waals surface area contributed by atoms with Crippen LogP contribution in [0.2, 0.25) is 0 Å². The predicted octanol–water partition coefficient (Wildman–Crippen LogP) is 7.99. The van der Waals surface area contributed by atoms with Crippen molar-refractivity contribution in [2.45, 2.75) is 86.5 Å². The summed E-state index contributed by atoms with van der Waals surface area (Å²) in [6.07, 6.45) is 7.97. The van der Waals surface area contributed by atoms with Crippen molar-refractivity contribution in [3.05, 3.63) is 53.1 Å². The van der Waals surface area contributed by atoms with Crippen molar-refractivity contribution >= 4 is 29.8 Å². The third-order valence-electron chi connectivity index (χ3n) is 7.12. The second-order valence-electron chi connectivity index (χ2n) is 10.7. The third kappa shape index (κ3) is 12.5. The summed E-state index contributed by atoms with van der Waals surface area (Å²) in [5.41, 5.74) is 4.43. The van der Waals surface area contributed by atoms with E-state index >= 15 is 0 Å². The van der Waals surface area contributed by atoms with E-state index in [4.69, 9.17) is 0 Å². The molecule has 2 N–H and O–H groups in total. The van der Waals surface area contributed by atoms with Gasteiger partial charge >= 0.3 is 0 Å². The quantitative estimate of drug-likeness (QED) is 0.238. The number of amides is 1. The van der Waals surface area contributed by atoms with Crippen LogP contribution in [0.3, 0.4) is 0 Å². The van der Waals surface area contributed by atoms with Crippen LogP contribution in [0.15, 0.2) is 41.4 Å². The summed E-state index contributed by atoms with van der Waals surface area (Å²) in [6.45, 7) is 17.8. The van der Waals surface area contributed by atoms with Crippen molar-refractivity contribution in [1.82, 2.24) is 4.90 Å². The Labute approximate surface area is 236 Å². The highest BCUT2D eigenvalue weighted by atomic mass is 16.3. The van der Waals surface area contributed by atoms with E-state index in [1.807, 2.05) is 24.0 Å². The van der Waals surface area contributed by atoms with E-state index in [1.54, 1.807) is 31.3 Å². The maximum atomic E-state index is 12.0. The number of benzene rings is 2. The van der Waals surface area contributed by atoms with Gasteiger partial charge in [0.2, 0.25) is 5.91 Å². The van der Waals surface area contributed by atoms with E-state index in [-0.39, 0.29) is 17.4 Å². The molecule has 1 atom stereocenters. The zero-order valence-corrected chi connectivity index (χ0v) is 25.3. The van der Waals surface area contributed by atoms with E-state index in [0.29, 0.717) is 23.6 Å². The predicted molar refractivity (Wildman–Crippen MR) is 166 cm³/mol. The number of hydrogen-bond donors (Lipinski definition) is 2. The summed E-state index contributed by atoms with van der Waals surface area (Å²) in [7, 11) is 1.80. The highest BCUT2D eigenvalue weighted by molar-refractivity contribution is 5.96. The maximum Gasteiger partial charge on any atom is 0.222 e. The summed E-state index contributed by atoms with van der Waals surface area (Å²) in [5.74, 6) is 2.18. The van der Waals surface area contributed by atoms with Crippen LogP contribution in [0.4, 0.5) is 11.4 Å². The number of nitrogens with one attached hydrogen (secondary N) is 1. The van der Waals surface area contributed by atoms with E-state index in [0.717, 1.165) is 48.7 Å². The fourth-order valence-corrected chi connectivity index (χ4v) is 4.74. The molecule has 216 valence electrons. The van der Waals surface area contributed by atoms with Crippen LogP contribution in [0, 0.1) is 18.8 Å². The monoisotopic (exact) mass is 537 g/mol. The van der Waals surface area contributed by atoms with Gasteiger partial charge in [-0.3, -0.25) is 14.6 Å². The van der Waals surface area contributed by atoms with Crippen LogP contribution in [-0.4, -0.2) is 48.6 Å². The van der Waals surface area contributed by atoms with Crippen LogP contribution in [-0.2, 0) is 11.2 Å². The fraction of sp³-hybridized carbons (Fsp3) is 0.545. The highest BCUT2D eigenvalue weighted by Crippen LogP contribution is 2.25. The summed E-state index contributed by atoms with van der Waals surface area (Å²) in [6, 6.07) is 10.7. The molecule has 0 radical (unpaired) electrons. The number of phenolic OH excluding ortho intramolecular Hbond substituents is 1. The first-order valence-electron chi connectivity index (χ1n) is 14.4. The molecule has 2 aromatic rings. The van der Waals surface area contributed by atoms with Crippen LogP contribution in [0.5, 0.6) is 5.75 Å². The lowest BCUT2D eigenvalue weighted by Crippen LogP contribution is -2.28. The lowest BCUT2D eigenvalue weighted by Gasteiger charge is -2.16. The number of rotatable bonds is 10. The molecule has 0 spiro atoms. The van der Waals surface area contributed by atoms with Gasteiger partial charge in [0.15, 0.2) is 5.78 Å². The molecule has 1 fully saturated rings. The number of anilines is 1. The molecule has 1 heterocycles. The SMILES string of the molecule is C=Nc1cc(C(C)=O)ccc1NC.CCCC(C)CCC.Cc1cc(O)ccc1CCC(=O)N1CCC(C)C1. The van der Waals surface area contributed by atoms with Gasteiger partial charge < -0.3 is 15.3 Å². The van der Waals surface area contributed by atoms with E-state index in [9.17, 15) is 14.7 Å². The van der Waals surface area contributed by atoms with Gasteiger partial charge in [0.05, 0.1) is 11.4 Å². The molecule has 6 heteroatoms. The Bertz CT molecular complexity index is 1040. The Morgan fingerprint density at radius 2 is 1.82 bits per heavy atom. The lowest BCUT2D eigenvalue weighted by atomic mass is 10.0. The molecule has 0 bridgehead atoms. The summed E-state index contributed by atoms with van der Waals surface area (Å²) in [5, 5.41) is 12.3. The molecule has 1 aliphatic rings. The number of nitrogens with zero attached hydrogens (tertiary/aromatic N) is 2. The molecule has 1 aliphatic heterocycles. The van der Waals surface area contributed by atoms with Crippen molar-refractivity contribution in [1.29, 1.82) is 0 Å². The summed E-state index contributed by atoms with van der Waals surface area (Å²) < 4.78 is 0. The second kappa shape index (κ2) is 18.2. The van der Waals surface area contributed by atoms with Crippen LogP contribution in [0.1, 0.15) is 94.6 Å². The summed E-state index contributed by atoms with van der Waals surface area (Å²) >= 11 is 0. The number of carbonyl (C=O) groups is 2. The Morgan fingerprint density at radius 1 is 1.15 bits per heavy atom. The first-order chi connectivity index (χ1) is 18.6. The zero-order chi connectivity index (χ0) is 29.4. The maximum absolute atomic E-state index is 12.0. The third-order valence-corrected chi connectivity index (χ3v) is 7.12. The molecule has 3 rings (SSSR count). The van der Waals surface area contributed by atoms with E-state index in [2.05, 4.69) is 44.7 Å². The summed E-state index contributed by atoms with van der Waals surface area (Å²) in [4.78, 5) is 28.8. The van der Waals surface area contributed by atoms with Gasteiger partial charge in [0.25, 0.3) is 0 Å². The van der Waals surface area contributed by atoms with Crippen molar-refractivity contribution in [3.63, 3.8) is 0 Å².